The van der Waals surface area contributed by atoms with E-state index in [0.29, 0.717) is 0 Å². The molecular formula is C22H43N3O15. The van der Waals surface area contributed by atoms with Gasteiger partial charge in [0.2, 0.25) is 0 Å². The zero-order chi connectivity index (χ0) is 30.2. The number of rotatable bonds is 10. The zero-order valence-corrected chi connectivity index (χ0v) is 21.9. The normalized spacial score (nSPS) is 48.8. The third-order valence-electron chi connectivity index (χ3n) is 7.75. The lowest BCUT2D eigenvalue weighted by molar-refractivity contribution is -0.409. The van der Waals surface area contributed by atoms with Gasteiger partial charge in [0, 0.05) is 6.42 Å². The van der Waals surface area contributed by atoms with Crippen molar-refractivity contribution in [2.24, 2.45) is 17.2 Å². The van der Waals surface area contributed by atoms with E-state index in [0.717, 1.165) is 0 Å². The summed E-state index contributed by atoms with van der Waals surface area (Å²) in [5.74, 6) is -2.85. The average Bonchev–Trinajstić information content (AvgIpc) is 2.92. The highest BCUT2D eigenvalue weighted by atomic mass is 16.7. The van der Waals surface area contributed by atoms with Gasteiger partial charge in [-0.3, -0.25) is 0 Å². The number of hydrogen-bond donors (Lipinski definition) is 13. The van der Waals surface area contributed by atoms with Crippen molar-refractivity contribution in [1.82, 2.24) is 0 Å². The topological polar surface area (TPSA) is 327 Å². The number of aliphatic hydroxyl groups is 10. The Morgan fingerprint density at radius 2 is 1.25 bits per heavy atom. The Kier molecular flexibility index (Phi) is 11.2. The summed E-state index contributed by atoms with van der Waals surface area (Å²) < 4.78 is 27.8. The Balaban J connectivity index is 1.81. The van der Waals surface area contributed by atoms with Gasteiger partial charge >= 0.3 is 0 Å². The molecule has 236 valence electrons. The van der Waals surface area contributed by atoms with Gasteiger partial charge in [-0.1, -0.05) is 13.3 Å². The van der Waals surface area contributed by atoms with E-state index in [1.807, 2.05) is 0 Å². The Morgan fingerprint density at radius 1 is 0.750 bits per heavy atom. The summed E-state index contributed by atoms with van der Waals surface area (Å²) in [7, 11) is 0. The van der Waals surface area contributed by atoms with Gasteiger partial charge < -0.3 is 92.0 Å². The van der Waals surface area contributed by atoms with Crippen LogP contribution in [0.4, 0.5) is 0 Å². The maximum atomic E-state index is 11.0. The molecule has 0 aromatic rings. The Hall–Kier alpha value is -0.720. The van der Waals surface area contributed by atoms with Crippen LogP contribution in [0.5, 0.6) is 0 Å². The molecule has 40 heavy (non-hydrogen) atoms. The molecule has 15 atom stereocenters. The first-order valence-electron chi connectivity index (χ1n) is 12.9. The van der Waals surface area contributed by atoms with Gasteiger partial charge in [0.05, 0.1) is 37.9 Å². The molecule has 3 rings (SSSR count). The van der Waals surface area contributed by atoms with E-state index in [-0.39, 0.29) is 12.8 Å². The summed E-state index contributed by atoms with van der Waals surface area (Å²) in [6.45, 7) is -1.09. The summed E-state index contributed by atoms with van der Waals surface area (Å²) in [4.78, 5) is 0. The van der Waals surface area contributed by atoms with Gasteiger partial charge in [0.15, 0.2) is 30.3 Å². The predicted molar refractivity (Wildman–Crippen MR) is 128 cm³/mol. The first-order valence-corrected chi connectivity index (χ1v) is 12.9. The van der Waals surface area contributed by atoms with Crippen LogP contribution in [0.1, 0.15) is 19.8 Å². The second-order valence-electron chi connectivity index (χ2n) is 10.4. The summed E-state index contributed by atoms with van der Waals surface area (Å²) in [6.07, 6.45) is -18.0. The van der Waals surface area contributed by atoms with Crippen molar-refractivity contribution in [3.63, 3.8) is 0 Å². The minimum absolute atomic E-state index is 0.179. The van der Waals surface area contributed by atoms with Gasteiger partial charge in [0.1, 0.15) is 48.8 Å². The number of ether oxygens (including phenoxy) is 5. The molecule has 3 aliphatic heterocycles. The average molecular weight is 590 g/mol. The molecule has 3 heterocycles. The van der Waals surface area contributed by atoms with E-state index in [1.165, 1.54) is 0 Å². The van der Waals surface area contributed by atoms with Crippen LogP contribution in [0.2, 0.25) is 0 Å². The summed E-state index contributed by atoms with van der Waals surface area (Å²) >= 11 is 0. The molecule has 3 aliphatic rings. The molecular weight excluding hydrogens is 546 g/mol. The molecule has 16 N–H and O–H groups in total. The molecule has 0 aliphatic carbocycles. The van der Waals surface area contributed by atoms with Gasteiger partial charge in [-0.05, 0) is 0 Å². The third-order valence-corrected chi connectivity index (χ3v) is 7.75. The molecule has 3 saturated heterocycles. The SMILES string of the molecule is CCCC(O)(O)[C@]1(CO)O[C@H](OC2[C@@H](CO)O[C@@H](OC3[C@@H](CO)O[C@@H](O)[C@H](N)[C@H]3O)[C@H](N)[C@H]2O)[C@H](N)[C@@H](O)[C@@H]1O. The van der Waals surface area contributed by atoms with Crippen LogP contribution in [-0.2, 0) is 23.7 Å². The Bertz CT molecular complexity index is 811. The quantitative estimate of drug-likeness (QED) is 0.105. The smallest absolute Gasteiger partial charge is 0.197 e. The highest BCUT2D eigenvalue weighted by Gasteiger charge is 2.64. The maximum absolute atomic E-state index is 11.0. The van der Waals surface area contributed by atoms with Crippen LogP contribution in [0.3, 0.4) is 0 Å². The molecule has 18 nitrogen and oxygen atoms in total. The zero-order valence-electron chi connectivity index (χ0n) is 21.9. The largest absolute Gasteiger partial charge is 0.394 e. The summed E-state index contributed by atoms with van der Waals surface area (Å²) in [6, 6.07) is -4.31. The van der Waals surface area contributed by atoms with Crippen LogP contribution in [0, 0.1) is 0 Å². The fraction of sp³-hybridized carbons (Fsp3) is 1.00. The van der Waals surface area contributed by atoms with Gasteiger partial charge in [0.25, 0.3) is 0 Å². The predicted octanol–water partition coefficient (Wildman–Crippen LogP) is -7.82. The van der Waals surface area contributed by atoms with Gasteiger partial charge in [-0.2, -0.15) is 0 Å². The molecule has 3 fully saturated rings. The fourth-order valence-corrected chi connectivity index (χ4v) is 5.23. The monoisotopic (exact) mass is 589 g/mol. The van der Waals surface area contributed by atoms with Crippen molar-refractivity contribution in [2.45, 2.75) is 117 Å². The van der Waals surface area contributed by atoms with Crippen molar-refractivity contribution in [1.29, 1.82) is 0 Å². The van der Waals surface area contributed by atoms with Crippen molar-refractivity contribution >= 4 is 0 Å². The molecule has 0 bridgehead atoms. The molecule has 0 spiro atoms. The minimum atomic E-state index is -2.85. The van der Waals surface area contributed by atoms with E-state index in [2.05, 4.69) is 0 Å². The molecule has 0 amide bonds. The van der Waals surface area contributed by atoms with Crippen LogP contribution in [0.15, 0.2) is 0 Å². The van der Waals surface area contributed by atoms with Crippen LogP contribution in [-0.4, -0.2) is 168 Å². The third kappa shape index (κ3) is 6.02. The second-order valence-corrected chi connectivity index (χ2v) is 10.4. The van der Waals surface area contributed by atoms with Crippen molar-refractivity contribution < 1.29 is 74.7 Å². The lowest BCUT2D eigenvalue weighted by atomic mass is 9.78. The highest BCUT2D eigenvalue weighted by molar-refractivity contribution is 5.08. The maximum Gasteiger partial charge on any atom is 0.197 e. The fourth-order valence-electron chi connectivity index (χ4n) is 5.23. The lowest BCUT2D eigenvalue weighted by Crippen LogP contribution is -2.77. The summed E-state index contributed by atoms with van der Waals surface area (Å²) in [5.41, 5.74) is 15.2. The van der Waals surface area contributed by atoms with E-state index in [4.69, 9.17) is 40.9 Å². The number of aliphatic hydroxyl groups excluding tert-OH is 8. The van der Waals surface area contributed by atoms with E-state index in [1.54, 1.807) is 6.92 Å². The number of hydrogen-bond acceptors (Lipinski definition) is 18. The summed E-state index contributed by atoms with van der Waals surface area (Å²) in [5, 5.41) is 103. The molecule has 0 radical (unpaired) electrons. The van der Waals surface area contributed by atoms with Crippen molar-refractivity contribution in [3.05, 3.63) is 0 Å². The van der Waals surface area contributed by atoms with Gasteiger partial charge in [-0.25, -0.2) is 0 Å². The number of nitrogens with two attached hydrogens (primary N) is 3. The molecule has 0 saturated carbocycles. The minimum Gasteiger partial charge on any atom is -0.394 e. The highest BCUT2D eigenvalue weighted by Crippen LogP contribution is 2.40. The van der Waals surface area contributed by atoms with Crippen LogP contribution in [0.25, 0.3) is 0 Å². The molecule has 0 aromatic carbocycles. The van der Waals surface area contributed by atoms with Crippen LogP contribution >= 0.6 is 0 Å². The van der Waals surface area contributed by atoms with E-state index in [9.17, 15) is 51.1 Å². The molecule has 18 heteroatoms. The van der Waals surface area contributed by atoms with E-state index < -0.39 is 117 Å². The standard InChI is InChI=1S/C22H43N3O15/c1-2-3-22(34,35)21(6-28)17(32)14(31)11(25)20(40-21)39-16-8(5-27)37-19(10(24)13(16)30)38-15-7(4-26)36-18(33)9(23)12(15)29/h7-20,26-35H,2-6,23-25H2,1H3/t7-,8-,9-,10-,11-,12-,13-,14-,15?,16?,17+,18-,19+,20+,21-/m1/s1. The van der Waals surface area contributed by atoms with Gasteiger partial charge in [-0.15, -0.1) is 0 Å². The van der Waals surface area contributed by atoms with E-state index >= 15 is 0 Å². The Labute approximate surface area is 229 Å². The van der Waals surface area contributed by atoms with Crippen molar-refractivity contribution in [2.75, 3.05) is 19.8 Å². The first-order chi connectivity index (χ1) is 18.7. The Morgan fingerprint density at radius 3 is 1.77 bits per heavy atom. The van der Waals surface area contributed by atoms with Crippen molar-refractivity contribution in [3.8, 4) is 0 Å². The lowest BCUT2D eigenvalue weighted by Gasteiger charge is -2.54. The molecule has 2 unspecified atom stereocenters. The first kappa shape index (κ1) is 33.8. The molecule has 0 aromatic heterocycles. The van der Waals surface area contributed by atoms with Crippen LogP contribution < -0.4 is 17.2 Å². The second kappa shape index (κ2) is 13.3.